The summed E-state index contributed by atoms with van der Waals surface area (Å²) in [5.41, 5.74) is 4.00. The second kappa shape index (κ2) is 6.77. The minimum absolute atomic E-state index is 0.610. The Hall–Kier alpha value is -1.80. The summed E-state index contributed by atoms with van der Waals surface area (Å²) in [4.78, 5) is 2.56. The number of rotatable bonds is 4. The molecule has 1 N–H and O–H groups in total. The Bertz CT molecular complexity index is 557. The van der Waals surface area contributed by atoms with Crippen molar-refractivity contribution < 1.29 is 0 Å². The van der Waals surface area contributed by atoms with Crippen LogP contribution < -0.4 is 5.32 Å². The molecule has 0 bridgehead atoms. The lowest BCUT2D eigenvalue weighted by Crippen LogP contribution is -2.38. The van der Waals surface area contributed by atoms with Gasteiger partial charge in [0.25, 0.3) is 0 Å². The van der Waals surface area contributed by atoms with E-state index in [1.807, 2.05) is 0 Å². The van der Waals surface area contributed by atoms with Crippen molar-refractivity contribution in [2.45, 2.75) is 32.4 Å². The highest BCUT2D eigenvalue weighted by atomic mass is 15.1. The first-order valence-corrected chi connectivity index (χ1v) is 7.89. The summed E-state index contributed by atoms with van der Waals surface area (Å²) in [6.07, 6.45) is 2.45. The summed E-state index contributed by atoms with van der Waals surface area (Å²) in [5.74, 6) is 0. The molecule has 0 amide bonds. The second-order valence-corrected chi connectivity index (χ2v) is 6.05. The number of likely N-dealkylation sites (tertiary alicyclic amines) is 1. The van der Waals surface area contributed by atoms with Gasteiger partial charge in [0.2, 0.25) is 0 Å². The van der Waals surface area contributed by atoms with Gasteiger partial charge in [-0.3, -0.25) is 4.90 Å². The number of hydrogen-bond donors (Lipinski definition) is 1. The van der Waals surface area contributed by atoms with Gasteiger partial charge in [0.05, 0.1) is 0 Å². The summed E-state index contributed by atoms with van der Waals surface area (Å²) in [6.45, 7) is 5.59. The molecule has 1 aliphatic rings. The van der Waals surface area contributed by atoms with Gasteiger partial charge in [-0.15, -0.1) is 0 Å². The molecular weight excluding hydrogens is 256 g/mol. The Morgan fingerprint density at radius 3 is 2.48 bits per heavy atom. The zero-order valence-corrected chi connectivity index (χ0v) is 12.8. The van der Waals surface area contributed by atoms with Crippen molar-refractivity contribution in [3.05, 3.63) is 65.7 Å². The number of benzene rings is 2. The van der Waals surface area contributed by atoms with Crippen molar-refractivity contribution in [3.8, 4) is 0 Å². The number of aryl methyl sites for hydroxylation is 1. The average Bonchev–Trinajstić information content (AvgIpc) is 2.50. The summed E-state index contributed by atoms with van der Waals surface area (Å²) >= 11 is 0. The lowest BCUT2D eigenvalue weighted by atomic mass is 10.0. The van der Waals surface area contributed by atoms with E-state index in [1.54, 1.807) is 0 Å². The van der Waals surface area contributed by atoms with Crippen molar-refractivity contribution in [2.75, 3.05) is 18.4 Å². The maximum atomic E-state index is 3.68. The van der Waals surface area contributed by atoms with Crippen LogP contribution in [0.1, 0.15) is 24.0 Å². The minimum Gasteiger partial charge on any atom is -0.382 e. The van der Waals surface area contributed by atoms with E-state index in [4.69, 9.17) is 0 Å². The van der Waals surface area contributed by atoms with Crippen LogP contribution in [0.2, 0.25) is 0 Å². The third kappa shape index (κ3) is 4.08. The SMILES string of the molecule is Cc1cccc(NC2CCN(Cc3ccccc3)CC2)c1. The monoisotopic (exact) mass is 280 g/mol. The molecule has 0 aromatic heterocycles. The van der Waals surface area contributed by atoms with Gasteiger partial charge in [-0.1, -0.05) is 42.5 Å². The standard InChI is InChI=1S/C19H24N2/c1-16-6-5-9-19(14-16)20-18-10-12-21(13-11-18)15-17-7-3-2-4-8-17/h2-9,14,18,20H,10-13,15H2,1H3. The third-order valence-electron chi connectivity index (χ3n) is 4.23. The molecule has 2 aromatic carbocycles. The Balaban J connectivity index is 1.49. The molecule has 0 radical (unpaired) electrons. The van der Waals surface area contributed by atoms with Crippen LogP contribution in [0, 0.1) is 6.92 Å². The summed E-state index contributed by atoms with van der Waals surface area (Å²) in [6, 6.07) is 20.1. The van der Waals surface area contributed by atoms with Crippen LogP contribution in [0.25, 0.3) is 0 Å². The van der Waals surface area contributed by atoms with E-state index in [0.717, 1.165) is 6.54 Å². The number of nitrogens with zero attached hydrogens (tertiary/aromatic N) is 1. The Morgan fingerprint density at radius 1 is 1.00 bits per heavy atom. The summed E-state index contributed by atoms with van der Waals surface area (Å²) < 4.78 is 0. The molecule has 2 aromatic rings. The van der Waals surface area contributed by atoms with Gasteiger partial charge in [-0.2, -0.15) is 0 Å². The van der Waals surface area contributed by atoms with Gasteiger partial charge < -0.3 is 5.32 Å². The van der Waals surface area contributed by atoms with Crippen molar-refractivity contribution in [1.29, 1.82) is 0 Å². The minimum atomic E-state index is 0.610. The molecule has 110 valence electrons. The molecule has 2 heteroatoms. The predicted octanol–water partition coefficient (Wildman–Crippen LogP) is 4.07. The molecule has 0 spiro atoms. The lowest BCUT2D eigenvalue weighted by molar-refractivity contribution is 0.211. The van der Waals surface area contributed by atoms with Crippen LogP contribution >= 0.6 is 0 Å². The number of hydrogen-bond acceptors (Lipinski definition) is 2. The number of anilines is 1. The highest BCUT2D eigenvalue weighted by Gasteiger charge is 2.18. The maximum Gasteiger partial charge on any atom is 0.0344 e. The topological polar surface area (TPSA) is 15.3 Å². The fraction of sp³-hybridized carbons (Fsp3) is 0.368. The molecule has 0 saturated carbocycles. The fourth-order valence-electron chi connectivity index (χ4n) is 3.05. The van der Waals surface area contributed by atoms with Crippen molar-refractivity contribution in [3.63, 3.8) is 0 Å². The van der Waals surface area contributed by atoms with Crippen LogP contribution in [0.15, 0.2) is 54.6 Å². The third-order valence-corrected chi connectivity index (χ3v) is 4.23. The van der Waals surface area contributed by atoms with Crippen molar-refractivity contribution in [1.82, 2.24) is 4.90 Å². The molecule has 1 saturated heterocycles. The number of nitrogens with one attached hydrogen (secondary N) is 1. The molecule has 1 heterocycles. The van der Waals surface area contributed by atoms with Crippen LogP contribution in [-0.2, 0) is 6.54 Å². The summed E-state index contributed by atoms with van der Waals surface area (Å²) in [7, 11) is 0. The van der Waals surface area contributed by atoms with Crippen LogP contribution in [0.4, 0.5) is 5.69 Å². The van der Waals surface area contributed by atoms with E-state index in [1.165, 1.54) is 42.7 Å². The zero-order chi connectivity index (χ0) is 14.5. The van der Waals surface area contributed by atoms with E-state index >= 15 is 0 Å². The van der Waals surface area contributed by atoms with E-state index < -0.39 is 0 Å². The average molecular weight is 280 g/mol. The molecule has 0 aliphatic carbocycles. The van der Waals surface area contributed by atoms with E-state index in [-0.39, 0.29) is 0 Å². The second-order valence-electron chi connectivity index (χ2n) is 6.05. The molecule has 0 unspecified atom stereocenters. The normalized spacial score (nSPS) is 16.8. The Labute approximate surface area is 127 Å². The van der Waals surface area contributed by atoms with Gasteiger partial charge >= 0.3 is 0 Å². The van der Waals surface area contributed by atoms with E-state index in [9.17, 15) is 0 Å². The first-order chi connectivity index (χ1) is 10.3. The molecule has 0 atom stereocenters. The quantitative estimate of drug-likeness (QED) is 0.908. The van der Waals surface area contributed by atoms with Crippen molar-refractivity contribution in [2.24, 2.45) is 0 Å². The van der Waals surface area contributed by atoms with Crippen molar-refractivity contribution >= 4 is 5.69 Å². The first-order valence-electron chi connectivity index (χ1n) is 7.89. The first kappa shape index (κ1) is 14.2. The number of piperidine rings is 1. The lowest BCUT2D eigenvalue weighted by Gasteiger charge is -2.33. The Kier molecular flexibility index (Phi) is 4.56. The smallest absolute Gasteiger partial charge is 0.0344 e. The molecule has 1 aliphatic heterocycles. The molecule has 3 rings (SSSR count). The van der Waals surface area contributed by atoms with E-state index in [2.05, 4.69) is 71.7 Å². The molecule has 2 nitrogen and oxygen atoms in total. The zero-order valence-electron chi connectivity index (χ0n) is 12.8. The van der Waals surface area contributed by atoms with Gasteiger partial charge in [0.15, 0.2) is 0 Å². The fourth-order valence-corrected chi connectivity index (χ4v) is 3.05. The van der Waals surface area contributed by atoms with E-state index in [0.29, 0.717) is 6.04 Å². The maximum absolute atomic E-state index is 3.68. The largest absolute Gasteiger partial charge is 0.382 e. The van der Waals surface area contributed by atoms with Gasteiger partial charge in [-0.05, 0) is 43.0 Å². The molecule has 21 heavy (non-hydrogen) atoms. The van der Waals surface area contributed by atoms with Crippen LogP contribution in [0.5, 0.6) is 0 Å². The van der Waals surface area contributed by atoms with Gasteiger partial charge in [-0.25, -0.2) is 0 Å². The Morgan fingerprint density at radius 2 is 1.76 bits per heavy atom. The summed E-state index contributed by atoms with van der Waals surface area (Å²) in [5, 5.41) is 3.68. The molecular formula is C19H24N2. The predicted molar refractivity (Wildman–Crippen MR) is 89.5 cm³/mol. The highest BCUT2D eigenvalue weighted by molar-refractivity contribution is 5.46. The van der Waals surface area contributed by atoms with Gasteiger partial charge in [0, 0.05) is 31.4 Å². The van der Waals surface area contributed by atoms with Crippen LogP contribution in [-0.4, -0.2) is 24.0 Å². The molecule has 1 fully saturated rings. The van der Waals surface area contributed by atoms with Gasteiger partial charge in [0.1, 0.15) is 0 Å². The van der Waals surface area contributed by atoms with Crippen LogP contribution in [0.3, 0.4) is 0 Å². The highest BCUT2D eigenvalue weighted by Crippen LogP contribution is 2.18.